The summed E-state index contributed by atoms with van der Waals surface area (Å²) in [4.78, 5) is 10.3. The summed E-state index contributed by atoms with van der Waals surface area (Å²) in [5.74, 6) is 0.735. The number of halogens is 1. The summed E-state index contributed by atoms with van der Waals surface area (Å²) in [6.07, 6.45) is 0. The lowest BCUT2D eigenvalue weighted by Crippen LogP contribution is -2.01. The third-order valence-corrected chi connectivity index (χ3v) is 3.23. The van der Waals surface area contributed by atoms with Crippen molar-refractivity contribution in [1.82, 2.24) is 0 Å². The van der Waals surface area contributed by atoms with E-state index >= 15 is 0 Å². The van der Waals surface area contributed by atoms with Gasteiger partial charge in [0.2, 0.25) is 0 Å². The zero-order valence-corrected chi connectivity index (χ0v) is 11.9. The first kappa shape index (κ1) is 14.9. The van der Waals surface area contributed by atoms with Crippen molar-refractivity contribution in [3.8, 4) is 11.5 Å². The molecule has 0 saturated heterocycles. The Balaban J connectivity index is 2.16. The molecule has 0 unspecified atom stereocenters. The molecule has 0 amide bonds. The summed E-state index contributed by atoms with van der Waals surface area (Å²) in [5, 5.41) is 23.7. The Hall–Kier alpha value is -2.47. The molecule has 0 aliphatic rings. The average Bonchev–Trinajstić information content (AvgIpc) is 2.47. The van der Waals surface area contributed by atoms with Crippen molar-refractivity contribution in [1.29, 1.82) is 0 Å². The van der Waals surface area contributed by atoms with Crippen molar-refractivity contribution in [2.24, 2.45) is 0 Å². The predicted octanol–water partition coefficient (Wildman–Crippen LogP) is 3.57. The van der Waals surface area contributed by atoms with Crippen LogP contribution in [-0.2, 0) is 6.54 Å². The highest BCUT2D eigenvalue weighted by Crippen LogP contribution is 2.28. The molecular weight excluding hydrogens is 296 g/mol. The van der Waals surface area contributed by atoms with E-state index in [0.717, 1.165) is 0 Å². The number of anilines is 1. The van der Waals surface area contributed by atoms with Crippen LogP contribution in [0, 0.1) is 10.1 Å². The van der Waals surface area contributed by atoms with Crippen molar-refractivity contribution in [2.75, 3.05) is 12.4 Å². The molecule has 0 spiro atoms. The Morgan fingerprint density at radius 2 is 2.10 bits per heavy atom. The Labute approximate surface area is 126 Å². The van der Waals surface area contributed by atoms with Gasteiger partial charge < -0.3 is 15.2 Å². The molecule has 0 aliphatic carbocycles. The standard InChI is InChI=1S/C14H13ClN2O4/c1-21-11-3-5-14(18)9(6-11)8-16-10-2-4-12(15)13(7-10)17(19)20/h2-7,16,18H,8H2,1H3. The van der Waals surface area contributed by atoms with E-state index in [2.05, 4.69) is 5.32 Å². The second-order valence-electron chi connectivity index (χ2n) is 4.27. The molecule has 0 aliphatic heterocycles. The largest absolute Gasteiger partial charge is 0.508 e. The van der Waals surface area contributed by atoms with E-state index in [1.165, 1.54) is 25.3 Å². The fourth-order valence-electron chi connectivity index (χ4n) is 1.79. The molecule has 0 atom stereocenters. The lowest BCUT2D eigenvalue weighted by molar-refractivity contribution is -0.384. The number of hydrogen-bond donors (Lipinski definition) is 2. The highest BCUT2D eigenvalue weighted by atomic mass is 35.5. The van der Waals surface area contributed by atoms with Crippen LogP contribution in [0.15, 0.2) is 36.4 Å². The van der Waals surface area contributed by atoms with E-state index in [0.29, 0.717) is 23.5 Å². The van der Waals surface area contributed by atoms with Gasteiger partial charge in [-0.25, -0.2) is 0 Å². The molecule has 2 aromatic rings. The maximum absolute atomic E-state index is 10.8. The normalized spacial score (nSPS) is 10.2. The minimum atomic E-state index is -0.545. The molecule has 2 N–H and O–H groups in total. The second-order valence-corrected chi connectivity index (χ2v) is 4.68. The van der Waals surface area contributed by atoms with Gasteiger partial charge in [0.1, 0.15) is 16.5 Å². The van der Waals surface area contributed by atoms with Crippen molar-refractivity contribution >= 4 is 23.0 Å². The van der Waals surface area contributed by atoms with Crippen LogP contribution in [0.3, 0.4) is 0 Å². The summed E-state index contributed by atoms with van der Waals surface area (Å²) in [7, 11) is 1.53. The molecule has 2 aromatic carbocycles. The molecule has 0 heterocycles. The number of aromatic hydroxyl groups is 1. The Kier molecular flexibility index (Phi) is 4.49. The Bertz CT molecular complexity index is 676. The molecule has 110 valence electrons. The number of nitrogens with one attached hydrogen (secondary N) is 1. The summed E-state index contributed by atoms with van der Waals surface area (Å²) in [6.45, 7) is 0.293. The smallest absolute Gasteiger partial charge is 0.289 e. The SMILES string of the molecule is COc1ccc(O)c(CNc2ccc(Cl)c([N+](=O)[O-])c2)c1. The zero-order valence-electron chi connectivity index (χ0n) is 11.2. The van der Waals surface area contributed by atoms with Crippen LogP contribution in [0.5, 0.6) is 11.5 Å². The summed E-state index contributed by atoms with van der Waals surface area (Å²) in [6, 6.07) is 9.29. The molecule has 0 bridgehead atoms. The van der Waals surface area contributed by atoms with Gasteiger partial charge in [0, 0.05) is 23.9 Å². The Morgan fingerprint density at radius 1 is 1.33 bits per heavy atom. The highest BCUT2D eigenvalue weighted by molar-refractivity contribution is 6.32. The van der Waals surface area contributed by atoms with Gasteiger partial charge in [0.15, 0.2) is 0 Å². The fourth-order valence-corrected chi connectivity index (χ4v) is 1.98. The minimum Gasteiger partial charge on any atom is -0.508 e. The van der Waals surface area contributed by atoms with Gasteiger partial charge in [-0.3, -0.25) is 10.1 Å². The van der Waals surface area contributed by atoms with Gasteiger partial charge in [0.05, 0.1) is 12.0 Å². The molecule has 21 heavy (non-hydrogen) atoms. The van der Waals surface area contributed by atoms with Crippen molar-refractivity contribution in [2.45, 2.75) is 6.54 Å². The summed E-state index contributed by atoms with van der Waals surface area (Å²) in [5.41, 5.74) is 0.983. The molecule has 0 fully saturated rings. The van der Waals surface area contributed by atoms with Gasteiger partial charge in [-0.15, -0.1) is 0 Å². The average molecular weight is 309 g/mol. The van der Waals surface area contributed by atoms with Gasteiger partial charge in [-0.05, 0) is 30.3 Å². The minimum absolute atomic E-state index is 0.0785. The quantitative estimate of drug-likeness (QED) is 0.651. The molecule has 0 saturated carbocycles. The van der Waals surface area contributed by atoms with E-state index in [9.17, 15) is 15.2 Å². The third kappa shape index (κ3) is 3.55. The van der Waals surface area contributed by atoms with Gasteiger partial charge in [-0.2, -0.15) is 0 Å². The number of nitro groups is 1. The number of nitro benzene ring substituents is 1. The van der Waals surface area contributed by atoms with Crippen LogP contribution in [0.25, 0.3) is 0 Å². The van der Waals surface area contributed by atoms with Crippen LogP contribution in [0.2, 0.25) is 5.02 Å². The lowest BCUT2D eigenvalue weighted by atomic mass is 10.2. The number of rotatable bonds is 5. The monoisotopic (exact) mass is 308 g/mol. The molecule has 2 rings (SSSR count). The van der Waals surface area contributed by atoms with Crippen molar-refractivity contribution in [3.05, 3.63) is 57.1 Å². The van der Waals surface area contributed by atoms with Crippen LogP contribution in [-0.4, -0.2) is 17.1 Å². The van der Waals surface area contributed by atoms with E-state index < -0.39 is 4.92 Å². The molecular formula is C14H13ClN2O4. The van der Waals surface area contributed by atoms with Crippen LogP contribution >= 0.6 is 11.6 Å². The first-order valence-electron chi connectivity index (χ1n) is 6.05. The van der Waals surface area contributed by atoms with Gasteiger partial charge >= 0.3 is 0 Å². The number of hydrogen-bond acceptors (Lipinski definition) is 5. The van der Waals surface area contributed by atoms with Crippen molar-refractivity contribution < 1.29 is 14.8 Å². The molecule has 7 heteroatoms. The highest BCUT2D eigenvalue weighted by Gasteiger charge is 2.13. The van der Waals surface area contributed by atoms with Crippen LogP contribution < -0.4 is 10.1 Å². The van der Waals surface area contributed by atoms with E-state index in [4.69, 9.17) is 16.3 Å². The first-order chi connectivity index (χ1) is 10.0. The number of phenolic OH excluding ortho intramolecular Hbond substituents is 1. The number of nitrogens with zero attached hydrogens (tertiary/aromatic N) is 1. The first-order valence-corrected chi connectivity index (χ1v) is 6.42. The zero-order chi connectivity index (χ0) is 15.4. The summed E-state index contributed by atoms with van der Waals surface area (Å²) < 4.78 is 5.08. The number of phenols is 1. The predicted molar refractivity (Wildman–Crippen MR) is 80.1 cm³/mol. The van der Waals surface area contributed by atoms with E-state index in [-0.39, 0.29) is 16.5 Å². The number of benzene rings is 2. The lowest BCUT2D eigenvalue weighted by Gasteiger charge is -2.10. The summed E-state index contributed by atoms with van der Waals surface area (Å²) >= 11 is 5.75. The maximum Gasteiger partial charge on any atom is 0.289 e. The third-order valence-electron chi connectivity index (χ3n) is 2.91. The molecule has 6 nitrogen and oxygen atoms in total. The second kappa shape index (κ2) is 6.32. The fraction of sp³-hybridized carbons (Fsp3) is 0.143. The van der Waals surface area contributed by atoms with E-state index in [1.807, 2.05) is 0 Å². The Morgan fingerprint density at radius 3 is 2.76 bits per heavy atom. The number of methoxy groups -OCH3 is 1. The topological polar surface area (TPSA) is 84.6 Å². The molecule has 0 aromatic heterocycles. The molecule has 0 radical (unpaired) electrons. The van der Waals surface area contributed by atoms with Gasteiger partial charge in [0.25, 0.3) is 5.69 Å². The van der Waals surface area contributed by atoms with E-state index in [1.54, 1.807) is 18.2 Å². The number of ether oxygens (including phenoxy) is 1. The van der Waals surface area contributed by atoms with Gasteiger partial charge in [-0.1, -0.05) is 11.6 Å². The van der Waals surface area contributed by atoms with Crippen molar-refractivity contribution in [3.63, 3.8) is 0 Å². The van der Waals surface area contributed by atoms with Crippen LogP contribution in [0.1, 0.15) is 5.56 Å². The van der Waals surface area contributed by atoms with Crippen LogP contribution in [0.4, 0.5) is 11.4 Å². The maximum atomic E-state index is 10.8.